The fourth-order valence-corrected chi connectivity index (χ4v) is 0.387. The van der Waals surface area contributed by atoms with Gasteiger partial charge < -0.3 is 0 Å². The normalized spacial score (nSPS) is 8.62. The standard InChI is InChI=1S/3CO.BrH.Re/c3*1-2;;/h;;;1H;/q;;;;+1/p-1. The molecular formula is C3BrO3Re. The second-order valence-corrected chi connectivity index (χ2v) is 13.3. The van der Waals surface area contributed by atoms with Crippen molar-refractivity contribution in [1.82, 2.24) is 0 Å². The van der Waals surface area contributed by atoms with Crippen LogP contribution in [0.2, 0.25) is 0 Å². The van der Waals surface area contributed by atoms with Gasteiger partial charge in [0.05, 0.1) is 0 Å². The van der Waals surface area contributed by atoms with Crippen molar-refractivity contribution < 1.29 is 26.5 Å². The fraction of sp³-hybridized carbons (Fsp3) is 0. The Labute approximate surface area is 53.1 Å². The van der Waals surface area contributed by atoms with E-state index in [4.69, 9.17) is 0 Å². The molecule has 0 saturated heterocycles. The molecule has 0 aliphatic rings. The maximum absolute atomic E-state index is 9.68. The monoisotopic (exact) mass is 350 g/mol. The van der Waals surface area contributed by atoms with Gasteiger partial charge in [0.25, 0.3) is 0 Å². The van der Waals surface area contributed by atoms with Gasteiger partial charge in [0.2, 0.25) is 0 Å². The third-order valence-corrected chi connectivity index (χ3v) is 5.62. The minimum absolute atomic E-state index is 1.30. The van der Waals surface area contributed by atoms with Crippen LogP contribution < -0.4 is 0 Å². The molecule has 0 heterocycles. The van der Waals surface area contributed by atoms with Crippen LogP contribution >= 0.6 is 13.4 Å². The number of hydrogen-bond acceptors (Lipinski definition) is 3. The van der Waals surface area contributed by atoms with Crippen LogP contribution in [0, 0.1) is 0 Å². The van der Waals surface area contributed by atoms with E-state index in [1.54, 1.807) is 0 Å². The molecule has 0 saturated carbocycles. The molecule has 0 rings (SSSR count). The Morgan fingerprint density at radius 1 is 1.00 bits per heavy atom. The molecule has 0 bridgehead atoms. The van der Waals surface area contributed by atoms with Gasteiger partial charge in [-0.15, -0.1) is 0 Å². The van der Waals surface area contributed by atoms with E-state index in [1.807, 2.05) is 0 Å². The average Bonchev–Trinajstić information content (AvgIpc) is 1.87. The van der Waals surface area contributed by atoms with Crippen molar-refractivity contribution in [2.45, 2.75) is 0 Å². The molecule has 0 aromatic carbocycles. The summed E-state index contributed by atoms with van der Waals surface area (Å²) >= 11 is -1.25. The first-order valence-corrected chi connectivity index (χ1v) is 11.3. The number of halogens is 1. The summed E-state index contributed by atoms with van der Waals surface area (Å²) in [5.74, 6) is 0. The van der Waals surface area contributed by atoms with Crippen molar-refractivity contribution >= 4 is 26.5 Å². The summed E-state index contributed by atoms with van der Waals surface area (Å²) in [6, 6.07) is 0. The van der Waals surface area contributed by atoms with Gasteiger partial charge >= 0.3 is 53.0 Å². The van der Waals surface area contributed by atoms with E-state index in [-0.39, 0.29) is 0 Å². The second kappa shape index (κ2) is 3.02. The summed E-state index contributed by atoms with van der Waals surface area (Å²) in [5.41, 5.74) is 0. The van der Waals surface area contributed by atoms with E-state index in [0.717, 1.165) is 0 Å². The van der Waals surface area contributed by atoms with E-state index in [9.17, 15) is 14.4 Å². The Morgan fingerprint density at radius 2 is 1.25 bits per heavy atom. The van der Waals surface area contributed by atoms with Crippen LogP contribution in [0.5, 0.6) is 0 Å². The molecule has 0 amide bonds. The third-order valence-electron chi connectivity index (χ3n) is 0.319. The molecular weight excluding hydrogens is 350 g/mol. The molecule has 0 fully saturated rings. The molecule has 0 radical (unpaired) electrons. The topological polar surface area (TPSA) is 51.2 Å². The number of carbonyl (C=O) groups excluding carboxylic acids is 3. The van der Waals surface area contributed by atoms with Crippen LogP contribution in [0.3, 0.4) is 0 Å². The molecule has 0 aliphatic carbocycles. The fourth-order valence-electron chi connectivity index (χ4n) is 0.0472. The molecule has 5 heteroatoms. The summed E-state index contributed by atoms with van der Waals surface area (Å²) in [7, 11) is 0. The van der Waals surface area contributed by atoms with E-state index >= 15 is 0 Å². The van der Waals surface area contributed by atoms with Crippen LogP contribution in [-0.4, -0.2) is 13.1 Å². The van der Waals surface area contributed by atoms with E-state index < -0.39 is 12.2 Å². The molecule has 0 aromatic heterocycles. The molecule has 0 N–H and O–H groups in total. The average molecular weight is 350 g/mol. The van der Waals surface area contributed by atoms with Gasteiger partial charge in [0.1, 0.15) is 0 Å². The molecule has 8 heavy (non-hydrogen) atoms. The molecule has 0 aliphatic heterocycles. The van der Waals surface area contributed by atoms with Crippen molar-refractivity contribution in [2.75, 3.05) is 0 Å². The summed E-state index contributed by atoms with van der Waals surface area (Å²) in [6.07, 6.45) is 0. The zero-order valence-corrected chi connectivity index (χ0v) is 7.78. The summed E-state index contributed by atoms with van der Waals surface area (Å²) in [5, 5.41) is 0. The quantitative estimate of drug-likeness (QED) is 0.600. The van der Waals surface area contributed by atoms with Gasteiger partial charge in [-0.25, -0.2) is 0 Å². The van der Waals surface area contributed by atoms with Crippen molar-refractivity contribution in [1.29, 1.82) is 0 Å². The predicted octanol–water partition coefficient (Wildman–Crippen LogP) is -0.348. The second-order valence-electron chi connectivity index (χ2n) is 0.729. The van der Waals surface area contributed by atoms with Crippen LogP contribution in [0.1, 0.15) is 0 Å². The first-order valence-electron chi connectivity index (χ1n) is 1.32. The Bertz CT molecular complexity index is 276. The Kier molecular flexibility index (Phi) is 2.97. The molecule has 0 spiro atoms. The summed E-state index contributed by atoms with van der Waals surface area (Å²) < 4.78 is 3.90. The maximum atomic E-state index is 9.68. The minimum atomic E-state index is -3.86. The first-order chi connectivity index (χ1) is 3.68. The van der Waals surface area contributed by atoms with Gasteiger partial charge in [0.15, 0.2) is 0 Å². The molecule has 0 atom stereocenters. The molecule has 0 unspecified atom stereocenters. The molecule has 0 aromatic rings. The first kappa shape index (κ1) is 7.88. The zero-order valence-electron chi connectivity index (χ0n) is 3.48. The Hall–Kier alpha value is -0.118. The zero-order chi connectivity index (χ0) is 6.62. The van der Waals surface area contributed by atoms with E-state index in [0.29, 0.717) is 0 Å². The van der Waals surface area contributed by atoms with Crippen LogP contribution in [0.15, 0.2) is 0 Å². The van der Waals surface area contributed by atoms with Crippen molar-refractivity contribution in [3.05, 3.63) is 0 Å². The molecule has 3 nitrogen and oxygen atoms in total. The third kappa shape index (κ3) is 1.78. The van der Waals surface area contributed by atoms with Gasteiger partial charge in [0, 0.05) is 0 Å². The molecule has 44 valence electrons. The summed E-state index contributed by atoms with van der Waals surface area (Å²) in [4.78, 5) is 29.0. The van der Waals surface area contributed by atoms with Gasteiger partial charge in [-0.2, -0.15) is 0 Å². The SMILES string of the molecule is O=[C]=[Re]([Br])(=[C]=O)=[C]=O. The van der Waals surface area contributed by atoms with Crippen molar-refractivity contribution in [3.63, 3.8) is 0 Å². The Balaban J connectivity index is 6.52. The summed E-state index contributed by atoms with van der Waals surface area (Å²) in [6.45, 7) is 0. The van der Waals surface area contributed by atoms with Crippen LogP contribution in [0.4, 0.5) is 0 Å². The Morgan fingerprint density at radius 3 is 1.25 bits per heavy atom. The van der Waals surface area contributed by atoms with Crippen LogP contribution in [0.25, 0.3) is 0 Å². The predicted molar refractivity (Wildman–Crippen MR) is 26.0 cm³/mol. The van der Waals surface area contributed by atoms with E-state index in [2.05, 4.69) is 13.4 Å². The van der Waals surface area contributed by atoms with Crippen LogP contribution in [-0.2, 0) is 26.5 Å². The van der Waals surface area contributed by atoms with E-state index in [1.165, 1.54) is 13.1 Å². The van der Waals surface area contributed by atoms with Gasteiger partial charge in [-0.3, -0.25) is 0 Å². The van der Waals surface area contributed by atoms with Gasteiger partial charge in [-0.05, 0) is 0 Å². The van der Waals surface area contributed by atoms with Crippen molar-refractivity contribution in [2.24, 2.45) is 0 Å². The van der Waals surface area contributed by atoms with Crippen molar-refractivity contribution in [3.8, 4) is 0 Å². The van der Waals surface area contributed by atoms with Gasteiger partial charge in [-0.1, -0.05) is 0 Å². The number of hydrogen-bond donors (Lipinski definition) is 0. The number of rotatable bonds is 0.